The third kappa shape index (κ3) is 10.2. The molecular formula is C36H48N6O3. The summed E-state index contributed by atoms with van der Waals surface area (Å²) in [5, 5.41) is 0. The van der Waals surface area contributed by atoms with E-state index in [-0.39, 0.29) is 29.6 Å². The fourth-order valence-corrected chi connectivity index (χ4v) is 5.41. The normalized spacial score (nSPS) is 14.9. The van der Waals surface area contributed by atoms with Crippen LogP contribution >= 0.6 is 0 Å². The molecule has 4 rings (SSSR count). The van der Waals surface area contributed by atoms with Gasteiger partial charge in [0.25, 0.3) is 0 Å². The maximum absolute atomic E-state index is 13.6. The van der Waals surface area contributed by atoms with Gasteiger partial charge in [-0.2, -0.15) is 0 Å². The number of fused-ring (bicyclic) bond motifs is 6. The van der Waals surface area contributed by atoms with Gasteiger partial charge in [0.2, 0.25) is 17.7 Å². The smallest absolute Gasteiger partial charge is 0.223 e. The summed E-state index contributed by atoms with van der Waals surface area (Å²) in [7, 11) is 0. The molecule has 3 aromatic rings. The molecule has 1 aliphatic rings. The summed E-state index contributed by atoms with van der Waals surface area (Å²) in [5.41, 5.74) is 4.55. The number of pyridine rings is 3. The van der Waals surface area contributed by atoms with E-state index in [0.717, 1.165) is 47.0 Å². The quantitative estimate of drug-likeness (QED) is 0.322. The molecule has 0 radical (unpaired) electrons. The van der Waals surface area contributed by atoms with Gasteiger partial charge in [0.05, 0.1) is 73.4 Å². The Labute approximate surface area is 268 Å². The second-order valence-corrected chi connectivity index (χ2v) is 12.7. The summed E-state index contributed by atoms with van der Waals surface area (Å²) in [6, 6.07) is 17.4. The molecule has 0 aromatic carbocycles. The van der Waals surface area contributed by atoms with Crippen molar-refractivity contribution in [3.05, 3.63) is 88.8 Å². The molecule has 0 aliphatic carbocycles. The second kappa shape index (κ2) is 16.3. The van der Waals surface area contributed by atoms with Crippen LogP contribution in [0.15, 0.2) is 54.6 Å². The van der Waals surface area contributed by atoms with Gasteiger partial charge < -0.3 is 14.7 Å². The highest BCUT2D eigenvalue weighted by Gasteiger charge is 2.22. The molecule has 9 nitrogen and oxygen atoms in total. The van der Waals surface area contributed by atoms with E-state index in [1.165, 1.54) is 0 Å². The maximum Gasteiger partial charge on any atom is 0.223 e. The van der Waals surface area contributed by atoms with E-state index in [1.807, 2.05) is 85.2 Å². The molecule has 1 unspecified atom stereocenters. The van der Waals surface area contributed by atoms with Gasteiger partial charge in [0.15, 0.2) is 0 Å². The SMILES string of the molecule is CCCC(=O)N1Cc2cccc(n2)CN(C(=O)CC(C)C)Cc2cccc(n2)CN(C(=O)CC(C)CC)Cc2cccc(n2)C1. The minimum atomic E-state index is 0.0356. The lowest BCUT2D eigenvalue weighted by Gasteiger charge is -2.26. The van der Waals surface area contributed by atoms with Crippen LogP contribution in [0.25, 0.3) is 0 Å². The number of carbonyl (C=O) groups excluding carboxylic acids is 3. The first-order chi connectivity index (χ1) is 21.6. The number of hydrogen-bond donors (Lipinski definition) is 0. The van der Waals surface area contributed by atoms with E-state index >= 15 is 0 Å². The van der Waals surface area contributed by atoms with Crippen molar-refractivity contribution < 1.29 is 14.4 Å². The fraction of sp³-hybridized carbons (Fsp3) is 0.500. The van der Waals surface area contributed by atoms with Gasteiger partial charge >= 0.3 is 0 Å². The van der Waals surface area contributed by atoms with Gasteiger partial charge in [-0.3, -0.25) is 29.3 Å². The average Bonchev–Trinajstić information content (AvgIpc) is 3.00. The molecule has 0 saturated heterocycles. The summed E-state index contributed by atoms with van der Waals surface area (Å²) in [6.07, 6.45) is 2.95. The Kier molecular flexibility index (Phi) is 12.2. The van der Waals surface area contributed by atoms with Crippen molar-refractivity contribution in [3.63, 3.8) is 0 Å². The van der Waals surface area contributed by atoms with Gasteiger partial charge in [-0.25, -0.2) is 0 Å². The molecule has 1 atom stereocenters. The lowest BCUT2D eigenvalue weighted by atomic mass is 10.0. The van der Waals surface area contributed by atoms with Crippen molar-refractivity contribution >= 4 is 17.7 Å². The zero-order valence-corrected chi connectivity index (χ0v) is 27.5. The Balaban J connectivity index is 1.77. The van der Waals surface area contributed by atoms with Crippen LogP contribution in [0.4, 0.5) is 0 Å². The Morgan fingerprint density at radius 3 is 1.22 bits per heavy atom. The Morgan fingerprint density at radius 2 is 0.911 bits per heavy atom. The maximum atomic E-state index is 13.6. The van der Waals surface area contributed by atoms with Gasteiger partial charge in [-0.1, -0.05) is 59.2 Å². The van der Waals surface area contributed by atoms with Crippen LogP contribution in [0.2, 0.25) is 0 Å². The van der Waals surface area contributed by atoms with Gasteiger partial charge in [0, 0.05) is 19.3 Å². The lowest BCUT2D eigenvalue weighted by molar-refractivity contribution is -0.134. The largest absolute Gasteiger partial charge is 0.331 e. The molecule has 45 heavy (non-hydrogen) atoms. The topological polar surface area (TPSA) is 99.6 Å². The van der Waals surface area contributed by atoms with Crippen LogP contribution in [-0.2, 0) is 53.7 Å². The van der Waals surface area contributed by atoms with Gasteiger partial charge in [0.1, 0.15) is 0 Å². The van der Waals surface area contributed by atoms with Crippen molar-refractivity contribution in [3.8, 4) is 0 Å². The zero-order chi connectivity index (χ0) is 32.3. The molecule has 0 saturated carbocycles. The molecule has 3 aromatic heterocycles. The van der Waals surface area contributed by atoms with E-state index in [4.69, 9.17) is 15.0 Å². The fourth-order valence-electron chi connectivity index (χ4n) is 5.41. The highest BCUT2D eigenvalue weighted by molar-refractivity contribution is 5.77. The molecular weight excluding hydrogens is 564 g/mol. The van der Waals surface area contributed by atoms with E-state index in [2.05, 4.69) is 13.8 Å². The molecule has 0 spiro atoms. The van der Waals surface area contributed by atoms with Crippen LogP contribution in [-0.4, -0.2) is 47.4 Å². The summed E-state index contributed by atoms with van der Waals surface area (Å²) in [6.45, 7) is 12.3. The predicted octanol–water partition coefficient (Wildman–Crippen LogP) is 6.05. The number of rotatable bonds is 7. The molecule has 0 fully saturated rings. The van der Waals surface area contributed by atoms with Crippen molar-refractivity contribution in [1.29, 1.82) is 0 Å². The molecule has 1 aliphatic heterocycles. The van der Waals surface area contributed by atoms with Crippen molar-refractivity contribution in [2.24, 2.45) is 11.8 Å². The third-order valence-electron chi connectivity index (χ3n) is 8.04. The van der Waals surface area contributed by atoms with Crippen LogP contribution in [0.1, 0.15) is 101 Å². The van der Waals surface area contributed by atoms with Crippen LogP contribution in [0.5, 0.6) is 0 Å². The first-order valence-corrected chi connectivity index (χ1v) is 16.3. The highest BCUT2D eigenvalue weighted by Crippen LogP contribution is 2.19. The van der Waals surface area contributed by atoms with E-state index < -0.39 is 0 Å². The van der Waals surface area contributed by atoms with E-state index in [1.54, 1.807) is 4.90 Å². The van der Waals surface area contributed by atoms with E-state index in [0.29, 0.717) is 58.5 Å². The van der Waals surface area contributed by atoms with Crippen molar-refractivity contribution in [2.75, 3.05) is 0 Å². The zero-order valence-electron chi connectivity index (χ0n) is 27.5. The molecule has 240 valence electrons. The Hall–Kier alpha value is -4.14. The summed E-state index contributed by atoms with van der Waals surface area (Å²) < 4.78 is 0. The standard InChI is InChI=1S/C36H48N6O3/c1-6-11-34(43)40-20-28-12-8-14-30(37-28)22-41(35(44)18-26(3)4)23-31-15-10-17-33(39-31)25-42(36(45)19-27(5)7-2)24-32-16-9-13-29(21-40)38-32/h8-10,12-17,26-27H,6-7,11,18-25H2,1-5H3. The molecule has 4 heterocycles. The Bertz CT molecular complexity index is 1460. The summed E-state index contributed by atoms with van der Waals surface area (Å²) in [4.78, 5) is 60.5. The first kappa shape index (κ1) is 33.7. The second-order valence-electron chi connectivity index (χ2n) is 12.7. The highest BCUT2D eigenvalue weighted by atomic mass is 16.2. The average molecular weight is 613 g/mol. The van der Waals surface area contributed by atoms with Gasteiger partial charge in [-0.15, -0.1) is 0 Å². The monoisotopic (exact) mass is 612 g/mol. The lowest BCUT2D eigenvalue weighted by Crippen LogP contribution is -2.34. The third-order valence-corrected chi connectivity index (χ3v) is 8.04. The molecule has 3 amide bonds. The van der Waals surface area contributed by atoms with Crippen LogP contribution in [0.3, 0.4) is 0 Å². The number of nitrogens with zero attached hydrogens (tertiary/aromatic N) is 6. The van der Waals surface area contributed by atoms with E-state index in [9.17, 15) is 14.4 Å². The van der Waals surface area contributed by atoms with Crippen molar-refractivity contribution in [2.45, 2.75) is 106 Å². The summed E-state index contributed by atoms with van der Waals surface area (Å²) >= 11 is 0. The summed E-state index contributed by atoms with van der Waals surface area (Å²) in [5.74, 6) is 0.589. The van der Waals surface area contributed by atoms with Crippen LogP contribution < -0.4 is 0 Å². The molecule has 0 N–H and O–H groups in total. The van der Waals surface area contributed by atoms with Crippen molar-refractivity contribution in [1.82, 2.24) is 29.7 Å². The Morgan fingerprint density at radius 1 is 0.578 bits per heavy atom. The number of hydrogen-bond acceptors (Lipinski definition) is 6. The predicted molar refractivity (Wildman–Crippen MR) is 174 cm³/mol. The number of carbonyl (C=O) groups is 3. The number of aromatic nitrogens is 3. The minimum Gasteiger partial charge on any atom is -0.331 e. The number of amides is 3. The first-order valence-electron chi connectivity index (χ1n) is 16.3. The van der Waals surface area contributed by atoms with Gasteiger partial charge in [-0.05, 0) is 54.7 Å². The minimum absolute atomic E-state index is 0.0356. The molecule has 9 heteroatoms. The van der Waals surface area contributed by atoms with Crippen LogP contribution in [0, 0.1) is 11.8 Å². The molecule has 6 bridgehead atoms.